The molecule has 0 spiro atoms. The zero-order chi connectivity index (χ0) is 18.5. The monoisotopic (exact) mass is 372 g/mol. The number of amides is 3. The van der Waals surface area contributed by atoms with Gasteiger partial charge in [0, 0.05) is 6.54 Å². The van der Waals surface area contributed by atoms with Gasteiger partial charge in [-0.15, -0.1) is 0 Å². The Bertz CT molecular complexity index is 803. The quantitative estimate of drug-likeness (QED) is 0.675. The summed E-state index contributed by atoms with van der Waals surface area (Å²) in [7, 11) is 0. The third-order valence-corrected chi connectivity index (χ3v) is 5.55. The Morgan fingerprint density at radius 2 is 2.12 bits per heavy atom. The van der Waals surface area contributed by atoms with Crippen LogP contribution in [0.2, 0.25) is 0 Å². The van der Waals surface area contributed by atoms with Crippen LogP contribution in [0, 0.1) is 6.92 Å². The van der Waals surface area contributed by atoms with Crippen molar-refractivity contribution in [3.8, 4) is 0 Å². The predicted molar refractivity (Wildman–Crippen MR) is 104 cm³/mol. The minimum atomic E-state index is -0.288. The van der Waals surface area contributed by atoms with Crippen LogP contribution in [0.3, 0.4) is 0 Å². The molecule has 1 aromatic carbocycles. The molecule has 1 aliphatic carbocycles. The molecule has 1 atom stereocenters. The lowest BCUT2D eigenvalue weighted by atomic mass is 10.1. The maximum atomic E-state index is 12.7. The topological polar surface area (TPSA) is 83.1 Å². The van der Waals surface area contributed by atoms with Gasteiger partial charge in [0.05, 0.1) is 11.7 Å². The van der Waals surface area contributed by atoms with Gasteiger partial charge >= 0.3 is 6.03 Å². The molecule has 7 heteroatoms. The normalized spacial score (nSPS) is 15.4. The van der Waals surface area contributed by atoms with Gasteiger partial charge in [-0.25, -0.2) is 9.78 Å². The van der Waals surface area contributed by atoms with Crippen molar-refractivity contribution in [2.24, 2.45) is 0 Å². The SMILES string of the molecule is CCCCNC(=O)Nc1nc(C)c(C(=O)NC2CCc3ccccc32)s1. The number of anilines is 1. The van der Waals surface area contributed by atoms with Crippen LogP contribution in [0.1, 0.15) is 58.7 Å². The van der Waals surface area contributed by atoms with E-state index in [0.717, 1.165) is 25.7 Å². The number of carbonyl (C=O) groups is 2. The number of urea groups is 1. The van der Waals surface area contributed by atoms with E-state index in [4.69, 9.17) is 0 Å². The lowest BCUT2D eigenvalue weighted by Gasteiger charge is -2.13. The fraction of sp³-hybridized carbons (Fsp3) is 0.421. The number of hydrogen-bond donors (Lipinski definition) is 3. The number of aromatic nitrogens is 1. The van der Waals surface area contributed by atoms with Gasteiger partial charge in [0.2, 0.25) is 0 Å². The molecule has 2 aromatic rings. The van der Waals surface area contributed by atoms with E-state index in [9.17, 15) is 9.59 Å². The molecule has 0 radical (unpaired) electrons. The van der Waals surface area contributed by atoms with Crippen LogP contribution in [-0.4, -0.2) is 23.5 Å². The third-order valence-electron chi connectivity index (χ3n) is 4.48. The van der Waals surface area contributed by atoms with Gasteiger partial charge in [-0.3, -0.25) is 10.1 Å². The van der Waals surface area contributed by atoms with Gasteiger partial charge in [-0.05, 0) is 37.3 Å². The van der Waals surface area contributed by atoms with Crippen molar-refractivity contribution in [3.05, 3.63) is 46.0 Å². The molecule has 6 nitrogen and oxygen atoms in total. The first-order valence-corrected chi connectivity index (χ1v) is 9.81. The summed E-state index contributed by atoms with van der Waals surface area (Å²) >= 11 is 1.20. The summed E-state index contributed by atoms with van der Waals surface area (Å²) in [6.45, 7) is 4.48. The number of fused-ring (bicyclic) bond motifs is 1. The molecule has 3 N–H and O–H groups in total. The first kappa shape index (κ1) is 18.4. The molecule has 1 aliphatic rings. The third kappa shape index (κ3) is 4.22. The zero-order valence-electron chi connectivity index (χ0n) is 15.1. The van der Waals surface area contributed by atoms with Crippen molar-refractivity contribution >= 4 is 28.4 Å². The number of nitrogens with zero attached hydrogens (tertiary/aromatic N) is 1. The van der Waals surface area contributed by atoms with E-state index in [0.29, 0.717) is 22.2 Å². The molecule has 138 valence electrons. The molecule has 0 fully saturated rings. The van der Waals surface area contributed by atoms with Crippen LogP contribution >= 0.6 is 11.3 Å². The van der Waals surface area contributed by atoms with Gasteiger partial charge in [0.25, 0.3) is 5.91 Å². The molecular formula is C19H24N4O2S. The summed E-state index contributed by atoms with van der Waals surface area (Å²) in [6.07, 6.45) is 3.84. The van der Waals surface area contributed by atoms with Crippen LogP contribution in [-0.2, 0) is 6.42 Å². The molecule has 1 unspecified atom stereocenters. The maximum Gasteiger partial charge on any atom is 0.321 e. The van der Waals surface area contributed by atoms with Crippen LogP contribution in [0.4, 0.5) is 9.93 Å². The minimum absolute atomic E-state index is 0.0361. The maximum absolute atomic E-state index is 12.7. The molecule has 1 heterocycles. The van der Waals surface area contributed by atoms with Gasteiger partial charge in [0.1, 0.15) is 4.88 Å². The summed E-state index contributed by atoms with van der Waals surface area (Å²) in [5.41, 5.74) is 3.12. The minimum Gasteiger partial charge on any atom is -0.344 e. The van der Waals surface area contributed by atoms with Gasteiger partial charge in [-0.2, -0.15) is 0 Å². The molecule has 26 heavy (non-hydrogen) atoms. The van der Waals surface area contributed by atoms with Crippen LogP contribution in [0.5, 0.6) is 0 Å². The smallest absolute Gasteiger partial charge is 0.321 e. The van der Waals surface area contributed by atoms with E-state index in [1.807, 2.05) is 12.1 Å². The first-order valence-electron chi connectivity index (χ1n) is 8.99. The highest BCUT2D eigenvalue weighted by atomic mass is 32.1. The number of nitrogens with one attached hydrogen (secondary N) is 3. The number of hydrogen-bond acceptors (Lipinski definition) is 4. The standard InChI is InChI=1S/C19H24N4O2S/c1-3-4-11-20-18(25)23-19-21-12(2)16(26-19)17(24)22-15-10-9-13-7-5-6-8-14(13)15/h5-8,15H,3-4,9-11H2,1-2H3,(H,22,24)(H2,20,21,23,25). The van der Waals surface area contributed by atoms with Crippen LogP contribution < -0.4 is 16.0 Å². The highest BCUT2D eigenvalue weighted by Crippen LogP contribution is 2.31. The molecular weight excluding hydrogens is 348 g/mol. The van der Waals surface area contributed by atoms with E-state index in [-0.39, 0.29) is 18.0 Å². The van der Waals surface area contributed by atoms with E-state index >= 15 is 0 Å². The van der Waals surface area contributed by atoms with Crippen molar-refractivity contribution in [1.82, 2.24) is 15.6 Å². The average molecular weight is 372 g/mol. The number of rotatable bonds is 6. The fourth-order valence-electron chi connectivity index (χ4n) is 3.11. The van der Waals surface area contributed by atoms with E-state index in [1.165, 1.54) is 22.5 Å². The second-order valence-corrected chi connectivity index (χ2v) is 7.43. The second-order valence-electron chi connectivity index (χ2n) is 6.43. The Kier molecular flexibility index (Phi) is 5.88. The highest BCUT2D eigenvalue weighted by Gasteiger charge is 2.25. The lowest BCUT2D eigenvalue weighted by Crippen LogP contribution is -2.29. The fourth-order valence-corrected chi connectivity index (χ4v) is 3.98. The number of thiazole rings is 1. The van der Waals surface area contributed by atoms with E-state index < -0.39 is 0 Å². The van der Waals surface area contributed by atoms with Gasteiger partial charge < -0.3 is 10.6 Å². The number of aryl methyl sites for hydroxylation is 2. The Balaban J connectivity index is 1.62. The molecule has 0 aliphatic heterocycles. The lowest BCUT2D eigenvalue weighted by molar-refractivity contribution is 0.0940. The van der Waals surface area contributed by atoms with Crippen molar-refractivity contribution in [1.29, 1.82) is 0 Å². The number of benzene rings is 1. The Labute approximate surface area is 157 Å². The second kappa shape index (κ2) is 8.31. The Hall–Kier alpha value is -2.41. The summed E-state index contributed by atoms with van der Waals surface area (Å²) in [6, 6.07) is 7.96. The van der Waals surface area contributed by atoms with E-state index in [1.54, 1.807) is 6.92 Å². The molecule has 0 saturated carbocycles. The van der Waals surface area contributed by atoms with Crippen molar-refractivity contribution in [3.63, 3.8) is 0 Å². The van der Waals surface area contributed by atoms with Crippen molar-refractivity contribution < 1.29 is 9.59 Å². The molecule has 0 saturated heterocycles. The Morgan fingerprint density at radius 1 is 1.31 bits per heavy atom. The summed E-state index contributed by atoms with van der Waals surface area (Å²) in [5, 5.41) is 9.02. The van der Waals surface area contributed by atoms with Gasteiger partial charge in [-0.1, -0.05) is 48.9 Å². The highest BCUT2D eigenvalue weighted by molar-refractivity contribution is 7.17. The Morgan fingerprint density at radius 3 is 2.92 bits per heavy atom. The number of unbranched alkanes of at least 4 members (excludes halogenated alkanes) is 1. The average Bonchev–Trinajstić information content (AvgIpc) is 3.19. The molecule has 0 bridgehead atoms. The predicted octanol–water partition coefficient (Wildman–Crippen LogP) is 3.79. The van der Waals surface area contributed by atoms with Crippen molar-refractivity contribution in [2.45, 2.75) is 45.6 Å². The summed E-state index contributed by atoms with van der Waals surface area (Å²) in [5.74, 6) is -0.138. The van der Waals surface area contributed by atoms with Crippen LogP contribution in [0.15, 0.2) is 24.3 Å². The van der Waals surface area contributed by atoms with Crippen molar-refractivity contribution in [2.75, 3.05) is 11.9 Å². The van der Waals surface area contributed by atoms with Gasteiger partial charge in [0.15, 0.2) is 5.13 Å². The van der Waals surface area contributed by atoms with E-state index in [2.05, 4.69) is 40.0 Å². The molecule has 3 rings (SSSR count). The molecule has 3 amide bonds. The van der Waals surface area contributed by atoms with Crippen LogP contribution in [0.25, 0.3) is 0 Å². The largest absolute Gasteiger partial charge is 0.344 e. The zero-order valence-corrected chi connectivity index (χ0v) is 15.9. The molecule has 1 aromatic heterocycles. The summed E-state index contributed by atoms with van der Waals surface area (Å²) < 4.78 is 0. The number of carbonyl (C=O) groups excluding carboxylic acids is 2. The first-order chi connectivity index (χ1) is 12.6. The summed E-state index contributed by atoms with van der Waals surface area (Å²) in [4.78, 5) is 29.4.